The van der Waals surface area contributed by atoms with Gasteiger partial charge in [0.1, 0.15) is 0 Å². The number of hydrogen-bond donors (Lipinski definition) is 2. The highest BCUT2D eigenvalue weighted by molar-refractivity contribution is 6.09. The molecule has 3 rings (SSSR count). The lowest BCUT2D eigenvalue weighted by molar-refractivity contribution is -0.147. The molecule has 0 aliphatic carbocycles. The molecule has 0 fully saturated rings. The summed E-state index contributed by atoms with van der Waals surface area (Å²) in [6.07, 6.45) is -0.149. The monoisotopic (exact) mass is 366 g/mol. The van der Waals surface area contributed by atoms with Crippen LogP contribution in [-0.2, 0) is 31.1 Å². The second-order valence-corrected chi connectivity index (χ2v) is 6.60. The molecular weight excluding hydrogens is 344 g/mol. The molecule has 2 amide bonds. The Morgan fingerprint density at radius 3 is 2.52 bits per heavy atom. The number of para-hydroxylation sites is 1. The van der Waals surface area contributed by atoms with Crippen molar-refractivity contribution in [3.8, 4) is 0 Å². The molecule has 2 N–H and O–H groups in total. The highest BCUT2D eigenvalue weighted by atomic mass is 16.5. The summed E-state index contributed by atoms with van der Waals surface area (Å²) in [4.78, 5) is 37.7. The lowest BCUT2D eigenvalue weighted by Crippen LogP contribution is -2.52. The van der Waals surface area contributed by atoms with E-state index in [0.29, 0.717) is 11.3 Å². The number of carbonyl (C=O) groups excluding carboxylic acids is 3. The fraction of sp³-hybridized carbons (Fsp3) is 0.286. The molecule has 1 atom stereocenters. The van der Waals surface area contributed by atoms with Gasteiger partial charge in [-0.25, -0.2) is 0 Å². The van der Waals surface area contributed by atoms with E-state index in [1.54, 1.807) is 31.2 Å². The van der Waals surface area contributed by atoms with E-state index in [1.165, 1.54) is 0 Å². The van der Waals surface area contributed by atoms with Gasteiger partial charge in [-0.3, -0.25) is 14.4 Å². The third kappa shape index (κ3) is 3.84. The molecule has 140 valence electrons. The fourth-order valence-electron chi connectivity index (χ4n) is 3.26. The van der Waals surface area contributed by atoms with E-state index in [9.17, 15) is 14.4 Å². The molecule has 6 heteroatoms. The van der Waals surface area contributed by atoms with Crippen LogP contribution in [0.2, 0.25) is 0 Å². The molecule has 27 heavy (non-hydrogen) atoms. The standard InChI is InChI=1S/C21H22N2O4/c1-3-27-19(25)13-21(16-6-4-5-7-17(16)22-20(21)26)23-18(24)12-15-10-8-14(2)9-11-15/h4-11H,3,12-13H2,1-2H3,(H,22,26)(H,23,24)/t21-/m0/s1. The van der Waals surface area contributed by atoms with Crippen LogP contribution >= 0.6 is 0 Å². The summed E-state index contributed by atoms with van der Waals surface area (Å²) >= 11 is 0. The van der Waals surface area contributed by atoms with Crippen molar-refractivity contribution in [1.29, 1.82) is 0 Å². The average molecular weight is 366 g/mol. The largest absolute Gasteiger partial charge is 0.466 e. The number of benzene rings is 2. The molecule has 0 saturated heterocycles. The Bertz CT molecular complexity index is 876. The molecule has 0 bridgehead atoms. The van der Waals surface area contributed by atoms with Gasteiger partial charge in [0.05, 0.1) is 19.4 Å². The molecular formula is C21H22N2O4. The second-order valence-electron chi connectivity index (χ2n) is 6.60. The van der Waals surface area contributed by atoms with Crippen LogP contribution in [-0.4, -0.2) is 24.4 Å². The third-order valence-corrected chi connectivity index (χ3v) is 4.58. The lowest BCUT2D eigenvalue weighted by atomic mass is 9.87. The molecule has 0 spiro atoms. The van der Waals surface area contributed by atoms with Crippen molar-refractivity contribution >= 4 is 23.5 Å². The van der Waals surface area contributed by atoms with Crippen molar-refractivity contribution in [2.24, 2.45) is 0 Å². The van der Waals surface area contributed by atoms with Crippen molar-refractivity contribution in [2.45, 2.75) is 32.2 Å². The zero-order chi connectivity index (χ0) is 19.4. The normalized spacial score (nSPS) is 17.8. The minimum Gasteiger partial charge on any atom is -0.466 e. The highest BCUT2D eigenvalue weighted by Crippen LogP contribution is 2.38. The zero-order valence-corrected chi connectivity index (χ0v) is 15.4. The summed E-state index contributed by atoms with van der Waals surface area (Å²) in [5, 5.41) is 5.55. The first-order valence-electron chi connectivity index (χ1n) is 8.88. The summed E-state index contributed by atoms with van der Waals surface area (Å²) in [6.45, 7) is 3.87. The fourth-order valence-corrected chi connectivity index (χ4v) is 3.26. The number of nitrogens with one attached hydrogen (secondary N) is 2. The predicted octanol–water partition coefficient (Wildman–Crippen LogP) is 2.45. The van der Waals surface area contributed by atoms with Gasteiger partial charge in [-0.15, -0.1) is 0 Å². The van der Waals surface area contributed by atoms with E-state index >= 15 is 0 Å². The molecule has 2 aromatic carbocycles. The summed E-state index contributed by atoms with van der Waals surface area (Å²) in [5.41, 5.74) is 1.62. The minimum atomic E-state index is -1.47. The quantitative estimate of drug-likeness (QED) is 0.769. The van der Waals surface area contributed by atoms with Crippen molar-refractivity contribution in [2.75, 3.05) is 11.9 Å². The maximum absolute atomic E-state index is 12.8. The van der Waals surface area contributed by atoms with E-state index in [2.05, 4.69) is 10.6 Å². The maximum Gasteiger partial charge on any atom is 0.309 e. The van der Waals surface area contributed by atoms with Crippen LogP contribution in [0.15, 0.2) is 48.5 Å². The molecule has 0 aromatic heterocycles. The van der Waals surface area contributed by atoms with Crippen LogP contribution in [0.3, 0.4) is 0 Å². The molecule has 0 saturated carbocycles. The van der Waals surface area contributed by atoms with Gasteiger partial charge in [-0.2, -0.15) is 0 Å². The zero-order valence-electron chi connectivity index (χ0n) is 15.4. The Kier molecular flexibility index (Phi) is 5.26. The first kappa shape index (κ1) is 18.6. The van der Waals surface area contributed by atoms with Gasteiger partial charge in [-0.1, -0.05) is 48.0 Å². The number of fused-ring (bicyclic) bond motifs is 1. The Hall–Kier alpha value is -3.15. The number of rotatable bonds is 6. The van der Waals surface area contributed by atoms with Crippen LogP contribution in [0.5, 0.6) is 0 Å². The second kappa shape index (κ2) is 7.61. The van der Waals surface area contributed by atoms with Gasteiger partial charge in [0, 0.05) is 11.3 Å². The summed E-state index contributed by atoms with van der Waals surface area (Å²) in [6, 6.07) is 14.6. The van der Waals surface area contributed by atoms with Crippen molar-refractivity contribution in [3.05, 3.63) is 65.2 Å². The van der Waals surface area contributed by atoms with E-state index in [4.69, 9.17) is 4.74 Å². The van der Waals surface area contributed by atoms with Gasteiger partial charge in [-0.05, 0) is 25.5 Å². The predicted molar refractivity (Wildman–Crippen MR) is 101 cm³/mol. The SMILES string of the molecule is CCOC(=O)C[C@@]1(NC(=O)Cc2ccc(C)cc2)C(=O)Nc2ccccc21. The third-order valence-electron chi connectivity index (χ3n) is 4.58. The van der Waals surface area contributed by atoms with E-state index in [-0.39, 0.29) is 25.4 Å². The number of anilines is 1. The molecule has 1 heterocycles. The van der Waals surface area contributed by atoms with Crippen molar-refractivity contribution in [3.63, 3.8) is 0 Å². The number of esters is 1. The number of hydrogen-bond acceptors (Lipinski definition) is 4. The van der Waals surface area contributed by atoms with Gasteiger partial charge in [0.2, 0.25) is 5.91 Å². The van der Waals surface area contributed by atoms with Gasteiger partial charge in [0.25, 0.3) is 5.91 Å². The van der Waals surface area contributed by atoms with Gasteiger partial charge in [0.15, 0.2) is 5.54 Å². The number of carbonyl (C=O) groups is 3. The van der Waals surface area contributed by atoms with Crippen molar-refractivity contribution in [1.82, 2.24) is 5.32 Å². The maximum atomic E-state index is 12.8. The molecule has 0 radical (unpaired) electrons. The summed E-state index contributed by atoms with van der Waals surface area (Å²) in [5.74, 6) is -1.32. The van der Waals surface area contributed by atoms with E-state index in [0.717, 1.165) is 11.1 Å². The van der Waals surface area contributed by atoms with Crippen LogP contribution in [0.1, 0.15) is 30.0 Å². The van der Waals surface area contributed by atoms with E-state index < -0.39 is 17.4 Å². The summed E-state index contributed by atoms with van der Waals surface area (Å²) in [7, 11) is 0. The number of ether oxygens (including phenoxy) is 1. The molecule has 2 aromatic rings. The number of aryl methyl sites for hydroxylation is 1. The van der Waals surface area contributed by atoms with Crippen LogP contribution < -0.4 is 10.6 Å². The Balaban J connectivity index is 1.89. The van der Waals surface area contributed by atoms with E-state index in [1.807, 2.05) is 31.2 Å². The van der Waals surface area contributed by atoms with Gasteiger partial charge < -0.3 is 15.4 Å². The van der Waals surface area contributed by atoms with Gasteiger partial charge >= 0.3 is 5.97 Å². The first-order valence-corrected chi connectivity index (χ1v) is 8.88. The Morgan fingerprint density at radius 1 is 1.11 bits per heavy atom. The van der Waals surface area contributed by atoms with Crippen LogP contribution in [0.4, 0.5) is 5.69 Å². The lowest BCUT2D eigenvalue weighted by Gasteiger charge is -2.28. The molecule has 1 aliphatic heterocycles. The Labute approximate surface area is 157 Å². The van der Waals surface area contributed by atoms with Crippen LogP contribution in [0, 0.1) is 6.92 Å². The summed E-state index contributed by atoms with van der Waals surface area (Å²) < 4.78 is 5.03. The number of amides is 2. The molecule has 6 nitrogen and oxygen atoms in total. The Morgan fingerprint density at radius 2 is 1.81 bits per heavy atom. The smallest absolute Gasteiger partial charge is 0.309 e. The first-order chi connectivity index (χ1) is 12.9. The minimum absolute atomic E-state index is 0.111. The van der Waals surface area contributed by atoms with Crippen LogP contribution in [0.25, 0.3) is 0 Å². The molecule has 0 unspecified atom stereocenters. The molecule has 1 aliphatic rings. The highest BCUT2D eigenvalue weighted by Gasteiger charge is 2.49. The topological polar surface area (TPSA) is 84.5 Å². The van der Waals surface area contributed by atoms with Crippen molar-refractivity contribution < 1.29 is 19.1 Å². The average Bonchev–Trinajstić information content (AvgIpc) is 2.89.